The number of nitrogens with two attached hydrogens (primary N) is 1. The van der Waals surface area contributed by atoms with Gasteiger partial charge in [-0.15, -0.1) is 0 Å². The van der Waals surface area contributed by atoms with E-state index < -0.39 is 0 Å². The Morgan fingerprint density at radius 3 is 2.72 bits per heavy atom. The van der Waals surface area contributed by atoms with Gasteiger partial charge in [-0.1, -0.05) is 35.0 Å². The van der Waals surface area contributed by atoms with Crippen molar-refractivity contribution in [2.24, 2.45) is 11.7 Å². The zero-order chi connectivity index (χ0) is 12.5. The Hall–Kier alpha value is -1.68. The summed E-state index contributed by atoms with van der Waals surface area (Å²) >= 11 is 0. The first-order chi connectivity index (χ1) is 8.72. The maximum Gasteiger partial charge on any atom is 0.228 e. The van der Waals surface area contributed by atoms with Gasteiger partial charge in [0, 0.05) is 18.0 Å². The molecule has 0 aliphatic heterocycles. The number of aryl methyl sites for hydroxylation is 1. The largest absolute Gasteiger partial charge is 0.339 e. The smallest absolute Gasteiger partial charge is 0.228 e. The van der Waals surface area contributed by atoms with E-state index in [0.29, 0.717) is 24.1 Å². The number of benzene rings is 1. The Morgan fingerprint density at radius 1 is 1.33 bits per heavy atom. The van der Waals surface area contributed by atoms with Crippen molar-refractivity contribution in [2.75, 3.05) is 0 Å². The molecule has 0 radical (unpaired) electrons. The summed E-state index contributed by atoms with van der Waals surface area (Å²) in [6.07, 6.45) is 3.16. The average molecular weight is 243 g/mol. The Labute approximate surface area is 106 Å². The minimum Gasteiger partial charge on any atom is -0.339 e. The van der Waals surface area contributed by atoms with Crippen molar-refractivity contribution in [3.05, 3.63) is 35.7 Å². The molecule has 4 nitrogen and oxygen atoms in total. The van der Waals surface area contributed by atoms with Crippen molar-refractivity contribution in [2.45, 2.75) is 32.2 Å². The molecule has 3 rings (SSSR count). The van der Waals surface area contributed by atoms with Crippen molar-refractivity contribution in [3.8, 4) is 11.4 Å². The quantitative estimate of drug-likeness (QED) is 0.895. The predicted octanol–water partition coefficient (Wildman–Crippen LogP) is 2.32. The molecule has 0 saturated heterocycles. The summed E-state index contributed by atoms with van der Waals surface area (Å²) in [4.78, 5) is 4.40. The van der Waals surface area contributed by atoms with E-state index in [4.69, 9.17) is 10.3 Å². The molecule has 94 valence electrons. The van der Waals surface area contributed by atoms with Gasteiger partial charge in [0.15, 0.2) is 0 Å². The van der Waals surface area contributed by atoms with E-state index in [1.165, 1.54) is 18.4 Å². The monoisotopic (exact) mass is 243 g/mol. The Bertz CT molecular complexity index is 528. The first-order valence-corrected chi connectivity index (χ1v) is 6.37. The van der Waals surface area contributed by atoms with E-state index in [9.17, 15) is 0 Å². The lowest BCUT2D eigenvalue weighted by molar-refractivity contribution is 0.364. The predicted molar refractivity (Wildman–Crippen MR) is 68.9 cm³/mol. The second-order valence-electron chi connectivity index (χ2n) is 5.08. The van der Waals surface area contributed by atoms with Gasteiger partial charge in [-0.3, -0.25) is 0 Å². The van der Waals surface area contributed by atoms with Crippen LogP contribution < -0.4 is 5.73 Å². The van der Waals surface area contributed by atoms with Crippen molar-refractivity contribution < 1.29 is 4.52 Å². The minimum absolute atomic E-state index is 0.163. The second kappa shape index (κ2) is 4.53. The van der Waals surface area contributed by atoms with Crippen molar-refractivity contribution in [1.29, 1.82) is 0 Å². The summed E-state index contributed by atoms with van der Waals surface area (Å²) in [7, 11) is 0. The molecule has 1 saturated carbocycles. The van der Waals surface area contributed by atoms with Crippen LogP contribution in [0, 0.1) is 12.8 Å². The van der Waals surface area contributed by atoms with Crippen LogP contribution in [0.2, 0.25) is 0 Å². The van der Waals surface area contributed by atoms with Crippen LogP contribution >= 0.6 is 0 Å². The van der Waals surface area contributed by atoms with Crippen LogP contribution in [-0.4, -0.2) is 16.2 Å². The minimum atomic E-state index is 0.163. The zero-order valence-electron chi connectivity index (χ0n) is 10.5. The molecule has 18 heavy (non-hydrogen) atoms. The molecule has 1 heterocycles. The highest BCUT2D eigenvalue weighted by atomic mass is 16.5. The van der Waals surface area contributed by atoms with E-state index in [-0.39, 0.29) is 6.04 Å². The molecule has 0 bridgehead atoms. The Kier molecular flexibility index (Phi) is 2.88. The molecule has 1 aromatic heterocycles. The fraction of sp³-hybridized carbons (Fsp3) is 0.429. The maximum absolute atomic E-state index is 6.05. The molecule has 4 heteroatoms. The molecule has 2 aromatic rings. The third kappa shape index (κ3) is 2.43. The number of hydrogen-bond acceptors (Lipinski definition) is 4. The van der Waals surface area contributed by atoms with Crippen LogP contribution in [0.3, 0.4) is 0 Å². The summed E-state index contributed by atoms with van der Waals surface area (Å²) in [5, 5.41) is 4.01. The lowest BCUT2D eigenvalue weighted by Gasteiger charge is -2.04. The highest BCUT2D eigenvalue weighted by Gasteiger charge is 2.29. The van der Waals surface area contributed by atoms with Crippen LogP contribution in [-0.2, 0) is 6.42 Å². The van der Waals surface area contributed by atoms with Crippen LogP contribution in [0.25, 0.3) is 11.4 Å². The van der Waals surface area contributed by atoms with E-state index in [1.54, 1.807) is 0 Å². The molecule has 1 unspecified atom stereocenters. The van der Waals surface area contributed by atoms with E-state index >= 15 is 0 Å². The van der Waals surface area contributed by atoms with Gasteiger partial charge in [0.1, 0.15) is 0 Å². The normalized spacial score (nSPS) is 16.8. The average Bonchev–Trinajstić information content (AvgIpc) is 3.12. The molecule has 2 N–H and O–H groups in total. The lowest BCUT2D eigenvalue weighted by Crippen LogP contribution is -2.25. The highest BCUT2D eigenvalue weighted by Crippen LogP contribution is 2.32. The second-order valence-corrected chi connectivity index (χ2v) is 5.08. The van der Waals surface area contributed by atoms with Crippen LogP contribution in [0.1, 0.15) is 24.3 Å². The van der Waals surface area contributed by atoms with E-state index in [1.807, 2.05) is 24.3 Å². The fourth-order valence-corrected chi connectivity index (χ4v) is 2.05. The SMILES string of the molecule is Cc1ccc(-c2noc(CC(N)C3CC3)n2)cc1. The summed E-state index contributed by atoms with van der Waals surface area (Å²) in [5.41, 5.74) is 8.25. The molecular formula is C14H17N3O. The van der Waals surface area contributed by atoms with Crippen LogP contribution in [0.15, 0.2) is 28.8 Å². The van der Waals surface area contributed by atoms with Gasteiger partial charge in [0.25, 0.3) is 0 Å². The van der Waals surface area contributed by atoms with Crippen molar-refractivity contribution >= 4 is 0 Å². The van der Waals surface area contributed by atoms with E-state index in [2.05, 4.69) is 17.1 Å². The number of nitrogens with zero attached hydrogens (tertiary/aromatic N) is 2. The molecule has 0 amide bonds. The first kappa shape index (κ1) is 11.4. The maximum atomic E-state index is 6.05. The third-order valence-electron chi connectivity index (χ3n) is 3.42. The van der Waals surface area contributed by atoms with E-state index in [0.717, 1.165) is 5.56 Å². The van der Waals surface area contributed by atoms with Gasteiger partial charge >= 0.3 is 0 Å². The Morgan fingerprint density at radius 2 is 2.06 bits per heavy atom. The van der Waals surface area contributed by atoms with Gasteiger partial charge in [-0.05, 0) is 25.7 Å². The van der Waals surface area contributed by atoms with Gasteiger partial charge in [0.2, 0.25) is 11.7 Å². The van der Waals surface area contributed by atoms with Gasteiger partial charge < -0.3 is 10.3 Å². The van der Waals surface area contributed by atoms with Crippen LogP contribution in [0.4, 0.5) is 0 Å². The molecule has 1 aliphatic rings. The fourth-order valence-electron chi connectivity index (χ4n) is 2.05. The summed E-state index contributed by atoms with van der Waals surface area (Å²) in [6, 6.07) is 8.26. The highest BCUT2D eigenvalue weighted by molar-refractivity contribution is 5.54. The Balaban J connectivity index is 1.74. The molecule has 1 aromatic carbocycles. The molecule has 1 aliphatic carbocycles. The first-order valence-electron chi connectivity index (χ1n) is 6.37. The summed E-state index contributed by atoms with van der Waals surface area (Å²) in [5.74, 6) is 1.94. The summed E-state index contributed by atoms with van der Waals surface area (Å²) < 4.78 is 5.26. The number of aromatic nitrogens is 2. The van der Waals surface area contributed by atoms with Gasteiger partial charge in [-0.25, -0.2) is 0 Å². The molecule has 0 spiro atoms. The van der Waals surface area contributed by atoms with Crippen molar-refractivity contribution in [3.63, 3.8) is 0 Å². The summed E-state index contributed by atoms with van der Waals surface area (Å²) in [6.45, 7) is 2.06. The zero-order valence-corrected chi connectivity index (χ0v) is 10.5. The molecule has 1 atom stereocenters. The molecular weight excluding hydrogens is 226 g/mol. The van der Waals surface area contributed by atoms with Crippen LogP contribution in [0.5, 0.6) is 0 Å². The standard InChI is InChI=1S/C14H17N3O/c1-9-2-4-11(5-3-9)14-16-13(18-17-14)8-12(15)10-6-7-10/h2-5,10,12H,6-8,15H2,1H3. The number of rotatable bonds is 4. The van der Waals surface area contributed by atoms with Gasteiger partial charge in [-0.2, -0.15) is 4.98 Å². The van der Waals surface area contributed by atoms with Gasteiger partial charge in [0.05, 0.1) is 0 Å². The molecule has 1 fully saturated rings. The lowest BCUT2D eigenvalue weighted by atomic mass is 10.1. The topological polar surface area (TPSA) is 64.9 Å². The third-order valence-corrected chi connectivity index (χ3v) is 3.42. The van der Waals surface area contributed by atoms with Crippen molar-refractivity contribution in [1.82, 2.24) is 10.1 Å². The number of hydrogen-bond donors (Lipinski definition) is 1.